The Morgan fingerprint density at radius 3 is 2.48 bits per heavy atom. The Bertz CT molecular complexity index is 460. The van der Waals surface area contributed by atoms with Gasteiger partial charge in [-0.25, -0.2) is 0 Å². The summed E-state index contributed by atoms with van der Waals surface area (Å²) in [5.41, 5.74) is 4.34. The van der Waals surface area contributed by atoms with Crippen molar-refractivity contribution in [2.45, 2.75) is 39.3 Å². The monoisotopic (exact) mass is 304 g/mol. The van der Waals surface area contributed by atoms with E-state index >= 15 is 0 Å². The highest BCUT2D eigenvalue weighted by Crippen LogP contribution is 2.22. The van der Waals surface area contributed by atoms with Gasteiger partial charge in [0, 0.05) is 37.2 Å². The molecule has 0 spiro atoms. The molecule has 0 saturated carbocycles. The van der Waals surface area contributed by atoms with E-state index in [2.05, 4.69) is 53.6 Å². The number of benzene rings is 1. The summed E-state index contributed by atoms with van der Waals surface area (Å²) in [7, 11) is 0. The fraction of sp³-hybridized carbons (Fsp3) is 0.667. The third-order valence-corrected chi connectivity index (χ3v) is 5.96. The van der Waals surface area contributed by atoms with E-state index < -0.39 is 0 Å². The molecule has 2 nitrogen and oxygen atoms in total. The standard InChI is InChI=1S/C18H28N2S/c1-15-3-4-16(2)17(13-15)14-19-7-5-18(6-8-19)20-9-11-21-12-10-20/h3-4,13,18H,5-12,14H2,1-2H3. The third kappa shape index (κ3) is 4.02. The van der Waals surface area contributed by atoms with Gasteiger partial charge in [-0.3, -0.25) is 9.80 Å². The van der Waals surface area contributed by atoms with Crippen LogP contribution in [0.15, 0.2) is 18.2 Å². The number of piperidine rings is 1. The van der Waals surface area contributed by atoms with Crippen molar-refractivity contribution in [1.29, 1.82) is 0 Å². The van der Waals surface area contributed by atoms with Crippen LogP contribution in [0, 0.1) is 13.8 Å². The zero-order valence-corrected chi connectivity index (χ0v) is 14.3. The molecule has 2 aliphatic rings. The van der Waals surface area contributed by atoms with Gasteiger partial charge in [0.15, 0.2) is 0 Å². The van der Waals surface area contributed by atoms with Gasteiger partial charge in [0.05, 0.1) is 0 Å². The van der Waals surface area contributed by atoms with Crippen molar-refractivity contribution in [3.05, 3.63) is 34.9 Å². The fourth-order valence-electron chi connectivity index (χ4n) is 3.60. The van der Waals surface area contributed by atoms with Crippen molar-refractivity contribution < 1.29 is 0 Å². The molecule has 0 aromatic heterocycles. The summed E-state index contributed by atoms with van der Waals surface area (Å²) in [6.07, 6.45) is 2.71. The van der Waals surface area contributed by atoms with Gasteiger partial charge in [-0.1, -0.05) is 23.8 Å². The summed E-state index contributed by atoms with van der Waals surface area (Å²) in [6, 6.07) is 7.70. The van der Waals surface area contributed by atoms with Crippen LogP contribution in [0.1, 0.15) is 29.5 Å². The second kappa shape index (κ2) is 7.17. The maximum atomic E-state index is 2.74. The molecule has 0 radical (unpaired) electrons. The minimum absolute atomic E-state index is 0.848. The Morgan fingerprint density at radius 1 is 1.05 bits per heavy atom. The Morgan fingerprint density at radius 2 is 1.76 bits per heavy atom. The molecule has 2 heterocycles. The molecule has 3 rings (SSSR count). The molecule has 0 unspecified atom stereocenters. The van der Waals surface area contributed by atoms with Crippen molar-refractivity contribution >= 4 is 11.8 Å². The quantitative estimate of drug-likeness (QED) is 0.846. The largest absolute Gasteiger partial charge is 0.299 e. The molecule has 2 saturated heterocycles. The van der Waals surface area contributed by atoms with Crippen LogP contribution in [-0.2, 0) is 6.54 Å². The molecule has 1 aromatic carbocycles. The normalized spacial score (nSPS) is 22.6. The van der Waals surface area contributed by atoms with E-state index in [1.807, 2.05) is 0 Å². The first kappa shape index (κ1) is 15.4. The van der Waals surface area contributed by atoms with Crippen LogP contribution < -0.4 is 0 Å². The molecule has 0 N–H and O–H groups in total. The van der Waals surface area contributed by atoms with Gasteiger partial charge in [-0.2, -0.15) is 11.8 Å². The Balaban J connectivity index is 1.52. The molecule has 2 aliphatic heterocycles. The van der Waals surface area contributed by atoms with E-state index in [0.717, 1.165) is 12.6 Å². The average Bonchev–Trinajstić information content (AvgIpc) is 2.53. The van der Waals surface area contributed by atoms with Crippen molar-refractivity contribution in [3.63, 3.8) is 0 Å². The van der Waals surface area contributed by atoms with E-state index in [0.29, 0.717) is 0 Å². The Hall–Kier alpha value is -0.510. The SMILES string of the molecule is Cc1ccc(C)c(CN2CCC(N3CCSCC3)CC2)c1. The molecule has 3 heteroatoms. The predicted octanol–water partition coefficient (Wildman–Crippen LogP) is 3.32. The lowest BCUT2D eigenvalue weighted by Gasteiger charge is -2.40. The van der Waals surface area contributed by atoms with Crippen LogP contribution in [0.4, 0.5) is 0 Å². The summed E-state index contributed by atoms with van der Waals surface area (Å²) in [4.78, 5) is 5.39. The van der Waals surface area contributed by atoms with Crippen LogP contribution in [-0.4, -0.2) is 53.5 Å². The molecule has 21 heavy (non-hydrogen) atoms. The summed E-state index contributed by atoms with van der Waals surface area (Å²) in [5, 5.41) is 0. The second-order valence-corrected chi connectivity index (χ2v) is 7.81. The number of hydrogen-bond acceptors (Lipinski definition) is 3. The first-order valence-corrected chi connectivity index (χ1v) is 9.48. The van der Waals surface area contributed by atoms with Gasteiger partial charge in [-0.15, -0.1) is 0 Å². The van der Waals surface area contributed by atoms with Crippen LogP contribution in [0.25, 0.3) is 0 Å². The van der Waals surface area contributed by atoms with Crippen molar-refractivity contribution in [2.75, 3.05) is 37.7 Å². The second-order valence-electron chi connectivity index (χ2n) is 6.59. The van der Waals surface area contributed by atoms with Gasteiger partial charge in [0.25, 0.3) is 0 Å². The van der Waals surface area contributed by atoms with Crippen LogP contribution >= 0.6 is 11.8 Å². The first-order valence-electron chi connectivity index (χ1n) is 8.32. The van der Waals surface area contributed by atoms with Crippen LogP contribution in [0.3, 0.4) is 0 Å². The van der Waals surface area contributed by atoms with Gasteiger partial charge in [-0.05, 0) is 50.9 Å². The topological polar surface area (TPSA) is 6.48 Å². The molecule has 1 aromatic rings. The summed E-state index contributed by atoms with van der Waals surface area (Å²) in [6.45, 7) is 10.7. The number of aryl methyl sites for hydroxylation is 2. The Kier molecular flexibility index (Phi) is 5.25. The first-order chi connectivity index (χ1) is 10.2. The average molecular weight is 305 g/mol. The summed E-state index contributed by atoms with van der Waals surface area (Å²) in [5.74, 6) is 2.67. The van der Waals surface area contributed by atoms with Crippen molar-refractivity contribution in [2.24, 2.45) is 0 Å². The number of likely N-dealkylation sites (tertiary alicyclic amines) is 1. The van der Waals surface area contributed by atoms with Gasteiger partial charge < -0.3 is 0 Å². The minimum atomic E-state index is 0.848. The highest BCUT2D eigenvalue weighted by atomic mass is 32.2. The summed E-state index contributed by atoms with van der Waals surface area (Å²) < 4.78 is 0. The van der Waals surface area contributed by atoms with Gasteiger partial charge >= 0.3 is 0 Å². The van der Waals surface area contributed by atoms with Crippen molar-refractivity contribution in [3.8, 4) is 0 Å². The smallest absolute Gasteiger partial charge is 0.0236 e. The lowest BCUT2D eigenvalue weighted by molar-refractivity contribution is 0.112. The highest BCUT2D eigenvalue weighted by molar-refractivity contribution is 7.99. The van der Waals surface area contributed by atoms with Gasteiger partial charge in [0.1, 0.15) is 0 Å². The number of hydrogen-bond donors (Lipinski definition) is 0. The molecule has 0 amide bonds. The molecule has 0 bridgehead atoms. The molecule has 0 atom stereocenters. The van der Waals surface area contributed by atoms with Crippen LogP contribution in [0.2, 0.25) is 0 Å². The molecule has 116 valence electrons. The highest BCUT2D eigenvalue weighted by Gasteiger charge is 2.25. The van der Waals surface area contributed by atoms with Crippen LogP contribution in [0.5, 0.6) is 0 Å². The fourth-order valence-corrected chi connectivity index (χ4v) is 4.53. The maximum Gasteiger partial charge on any atom is 0.0236 e. The van der Waals surface area contributed by atoms with E-state index in [1.54, 1.807) is 0 Å². The predicted molar refractivity (Wildman–Crippen MR) is 93.1 cm³/mol. The molecular formula is C18H28N2S. The zero-order chi connectivity index (χ0) is 14.7. The third-order valence-electron chi connectivity index (χ3n) is 5.02. The van der Waals surface area contributed by atoms with E-state index in [1.165, 1.54) is 67.2 Å². The number of nitrogens with zero attached hydrogens (tertiary/aromatic N) is 2. The number of rotatable bonds is 3. The Labute approximate surface area is 133 Å². The zero-order valence-electron chi connectivity index (χ0n) is 13.5. The lowest BCUT2D eigenvalue weighted by atomic mass is 10.0. The van der Waals surface area contributed by atoms with Gasteiger partial charge in [0.2, 0.25) is 0 Å². The lowest BCUT2D eigenvalue weighted by Crippen LogP contribution is -2.47. The number of thioether (sulfide) groups is 1. The van der Waals surface area contributed by atoms with E-state index in [4.69, 9.17) is 0 Å². The summed E-state index contributed by atoms with van der Waals surface area (Å²) >= 11 is 2.12. The minimum Gasteiger partial charge on any atom is -0.299 e. The van der Waals surface area contributed by atoms with E-state index in [-0.39, 0.29) is 0 Å². The molecule has 2 fully saturated rings. The van der Waals surface area contributed by atoms with Crippen molar-refractivity contribution in [1.82, 2.24) is 9.80 Å². The van der Waals surface area contributed by atoms with E-state index in [9.17, 15) is 0 Å². The molecular weight excluding hydrogens is 276 g/mol. The molecule has 0 aliphatic carbocycles. The maximum absolute atomic E-state index is 2.74.